The van der Waals surface area contributed by atoms with Crippen molar-refractivity contribution in [3.8, 4) is 11.8 Å². The highest BCUT2D eigenvalue weighted by molar-refractivity contribution is 7.12. The van der Waals surface area contributed by atoms with Gasteiger partial charge in [0.1, 0.15) is 22.5 Å². The molecule has 1 aromatic carbocycles. The van der Waals surface area contributed by atoms with Crippen molar-refractivity contribution < 1.29 is 9.18 Å². The molecule has 0 atom stereocenters. The summed E-state index contributed by atoms with van der Waals surface area (Å²) < 4.78 is 15.0. The van der Waals surface area contributed by atoms with E-state index in [-0.39, 0.29) is 11.6 Å². The second kappa shape index (κ2) is 5.79. The molecule has 0 saturated carbocycles. The molecule has 22 heavy (non-hydrogen) atoms. The maximum atomic E-state index is 13.7. The summed E-state index contributed by atoms with van der Waals surface area (Å²) in [5.74, 6) is -0.798. The number of hydrogen-bond donors (Lipinski definition) is 1. The number of carbonyl (C=O) groups excluding carboxylic acids is 1. The normalized spacial score (nSPS) is 10.2. The Balaban J connectivity index is 1.82. The topological polar surface area (TPSA) is 70.7 Å². The number of halogens is 1. The van der Waals surface area contributed by atoms with Crippen LogP contribution < -0.4 is 5.32 Å². The lowest BCUT2D eigenvalue weighted by atomic mass is 10.2. The molecule has 0 aliphatic carbocycles. The van der Waals surface area contributed by atoms with Crippen molar-refractivity contribution >= 4 is 22.9 Å². The lowest BCUT2D eigenvalue weighted by molar-refractivity contribution is 0.103. The Morgan fingerprint density at radius 1 is 1.36 bits per heavy atom. The molecule has 0 aliphatic heterocycles. The Bertz CT molecular complexity index is 878. The molecular formula is C15H9FN4OS. The molecule has 3 rings (SSSR count). The van der Waals surface area contributed by atoms with E-state index in [9.17, 15) is 9.18 Å². The van der Waals surface area contributed by atoms with Crippen LogP contribution in [0.5, 0.6) is 0 Å². The van der Waals surface area contributed by atoms with Crippen molar-refractivity contribution in [3.05, 3.63) is 64.4 Å². The molecule has 2 aromatic heterocycles. The Labute approximate surface area is 129 Å². The average Bonchev–Trinajstić information content (AvgIpc) is 3.16. The number of carbonyl (C=O) groups is 1. The Hall–Kier alpha value is -2.98. The summed E-state index contributed by atoms with van der Waals surface area (Å²) in [5.41, 5.74) is 1.03. The van der Waals surface area contributed by atoms with Crippen LogP contribution in [0.3, 0.4) is 0 Å². The van der Waals surface area contributed by atoms with Crippen LogP contribution in [0.25, 0.3) is 5.69 Å². The summed E-state index contributed by atoms with van der Waals surface area (Å²) in [4.78, 5) is 12.4. The molecule has 0 fully saturated rings. The van der Waals surface area contributed by atoms with Crippen LogP contribution in [-0.2, 0) is 0 Å². The summed E-state index contributed by atoms with van der Waals surface area (Å²) in [5, 5.41) is 17.3. The first-order valence-corrected chi connectivity index (χ1v) is 7.15. The van der Waals surface area contributed by atoms with Crippen LogP contribution >= 0.6 is 11.3 Å². The van der Waals surface area contributed by atoms with E-state index < -0.39 is 5.82 Å². The quantitative estimate of drug-likeness (QED) is 0.807. The highest BCUT2D eigenvalue weighted by Crippen LogP contribution is 2.19. The molecular weight excluding hydrogens is 303 g/mol. The van der Waals surface area contributed by atoms with Crippen molar-refractivity contribution in [2.45, 2.75) is 0 Å². The van der Waals surface area contributed by atoms with E-state index in [0.29, 0.717) is 16.1 Å². The summed E-state index contributed by atoms with van der Waals surface area (Å²) in [6.07, 6.45) is 2.93. The van der Waals surface area contributed by atoms with Crippen LogP contribution in [0.1, 0.15) is 15.2 Å². The SMILES string of the molecule is N#Cc1ccsc1C(=O)Nc1cnn(-c2ccccc2F)c1. The number of rotatable bonds is 3. The van der Waals surface area contributed by atoms with Gasteiger partial charge < -0.3 is 5.32 Å². The molecule has 0 unspecified atom stereocenters. The number of nitrogens with zero attached hydrogens (tertiary/aromatic N) is 3. The standard InChI is InChI=1S/C15H9FN4OS/c16-12-3-1-2-4-13(12)20-9-11(8-18-20)19-15(21)14-10(7-17)5-6-22-14/h1-6,8-9H,(H,19,21). The smallest absolute Gasteiger partial charge is 0.267 e. The third-order valence-electron chi connectivity index (χ3n) is 2.93. The van der Waals surface area contributed by atoms with Crippen LogP contribution in [0, 0.1) is 17.1 Å². The number of nitriles is 1. The third kappa shape index (κ3) is 2.60. The zero-order chi connectivity index (χ0) is 15.5. The van der Waals surface area contributed by atoms with Gasteiger partial charge in [-0.3, -0.25) is 4.79 Å². The van der Waals surface area contributed by atoms with Crippen molar-refractivity contribution in [3.63, 3.8) is 0 Å². The van der Waals surface area contributed by atoms with Crippen molar-refractivity contribution in [2.24, 2.45) is 0 Å². The lowest BCUT2D eigenvalue weighted by Crippen LogP contribution is -2.11. The number of nitrogens with one attached hydrogen (secondary N) is 1. The predicted molar refractivity (Wildman–Crippen MR) is 80.5 cm³/mol. The molecule has 3 aromatic rings. The molecule has 1 amide bonds. The number of hydrogen-bond acceptors (Lipinski definition) is 4. The van der Waals surface area contributed by atoms with E-state index in [1.54, 1.807) is 29.6 Å². The summed E-state index contributed by atoms with van der Waals surface area (Å²) in [6, 6.07) is 9.75. The van der Waals surface area contributed by atoms with Gasteiger partial charge in [-0.25, -0.2) is 9.07 Å². The fraction of sp³-hybridized carbons (Fsp3) is 0. The first-order chi connectivity index (χ1) is 10.7. The fourth-order valence-electron chi connectivity index (χ4n) is 1.92. The molecule has 5 nitrogen and oxygen atoms in total. The minimum absolute atomic E-state index is 0.289. The molecule has 7 heteroatoms. The molecule has 0 aliphatic rings. The van der Waals surface area contributed by atoms with E-state index in [0.717, 1.165) is 0 Å². The Morgan fingerprint density at radius 2 is 2.18 bits per heavy atom. The Morgan fingerprint density at radius 3 is 2.95 bits per heavy atom. The van der Waals surface area contributed by atoms with E-state index in [1.807, 2.05) is 6.07 Å². The maximum Gasteiger partial charge on any atom is 0.267 e. The van der Waals surface area contributed by atoms with Crippen LogP contribution in [0.15, 0.2) is 48.1 Å². The second-order valence-corrected chi connectivity index (χ2v) is 5.27. The monoisotopic (exact) mass is 312 g/mol. The highest BCUT2D eigenvalue weighted by atomic mass is 32.1. The van der Waals surface area contributed by atoms with Crippen LogP contribution in [-0.4, -0.2) is 15.7 Å². The number of amides is 1. The molecule has 0 spiro atoms. The minimum atomic E-state index is -0.409. The largest absolute Gasteiger partial charge is 0.319 e. The predicted octanol–water partition coefficient (Wildman–Crippen LogP) is 3.20. The Kier molecular flexibility index (Phi) is 3.68. The van der Waals surface area contributed by atoms with Gasteiger partial charge >= 0.3 is 0 Å². The first-order valence-electron chi connectivity index (χ1n) is 6.27. The van der Waals surface area contributed by atoms with E-state index >= 15 is 0 Å². The maximum absolute atomic E-state index is 13.7. The zero-order valence-corrected chi connectivity index (χ0v) is 12.0. The van der Waals surface area contributed by atoms with Gasteiger partial charge in [-0.1, -0.05) is 12.1 Å². The molecule has 1 N–H and O–H groups in total. The minimum Gasteiger partial charge on any atom is -0.319 e. The van der Waals surface area contributed by atoms with Gasteiger partial charge in [0.2, 0.25) is 0 Å². The first kappa shape index (κ1) is 14.0. The van der Waals surface area contributed by atoms with Crippen molar-refractivity contribution in [1.82, 2.24) is 9.78 Å². The second-order valence-electron chi connectivity index (χ2n) is 4.35. The summed E-state index contributed by atoms with van der Waals surface area (Å²) >= 11 is 1.19. The number of para-hydroxylation sites is 1. The van der Waals surface area contributed by atoms with Gasteiger partial charge in [-0.2, -0.15) is 10.4 Å². The highest BCUT2D eigenvalue weighted by Gasteiger charge is 2.14. The van der Waals surface area contributed by atoms with Gasteiger partial charge in [0.05, 0.1) is 23.6 Å². The van der Waals surface area contributed by atoms with Gasteiger partial charge in [0.25, 0.3) is 5.91 Å². The third-order valence-corrected chi connectivity index (χ3v) is 3.84. The van der Waals surface area contributed by atoms with Crippen LogP contribution in [0.2, 0.25) is 0 Å². The summed E-state index contributed by atoms with van der Waals surface area (Å²) in [6.45, 7) is 0. The van der Waals surface area contributed by atoms with E-state index in [2.05, 4.69) is 10.4 Å². The fourth-order valence-corrected chi connectivity index (χ4v) is 2.66. The number of anilines is 1. The molecule has 108 valence electrons. The molecule has 0 radical (unpaired) electrons. The summed E-state index contributed by atoms with van der Waals surface area (Å²) in [7, 11) is 0. The van der Waals surface area contributed by atoms with Crippen molar-refractivity contribution in [2.75, 3.05) is 5.32 Å². The van der Waals surface area contributed by atoms with Gasteiger partial charge in [-0.15, -0.1) is 11.3 Å². The molecule has 0 saturated heterocycles. The number of benzene rings is 1. The zero-order valence-electron chi connectivity index (χ0n) is 11.2. The van der Waals surface area contributed by atoms with Crippen molar-refractivity contribution in [1.29, 1.82) is 5.26 Å². The van der Waals surface area contributed by atoms with Gasteiger partial charge in [0.15, 0.2) is 0 Å². The number of thiophene rings is 1. The van der Waals surface area contributed by atoms with E-state index in [4.69, 9.17) is 5.26 Å². The van der Waals surface area contributed by atoms with Gasteiger partial charge in [-0.05, 0) is 23.6 Å². The average molecular weight is 312 g/mol. The number of aromatic nitrogens is 2. The lowest BCUT2D eigenvalue weighted by Gasteiger charge is -2.02. The molecule has 0 bridgehead atoms. The van der Waals surface area contributed by atoms with Gasteiger partial charge in [0, 0.05) is 0 Å². The van der Waals surface area contributed by atoms with Crippen LogP contribution in [0.4, 0.5) is 10.1 Å². The molecule has 2 heterocycles. The van der Waals surface area contributed by atoms with E-state index in [1.165, 1.54) is 34.5 Å².